The maximum absolute atomic E-state index is 14.7. The number of hydrogen-bond acceptors (Lipinski definition) is 6. The fourth-order valence-corrected chi connectivity index (χ4v) is 4.97. The Balaban J connectivity index is 1.84. The van der Waals surface area contributed by atoms with Gasteiger partial charge in [-0.25, -0.2) is 12.8 Å². The molecule has 0 spiro atoms. The van der Waals surface area contributed by atoms with Gasteiger partial charge in [0.15, 0.2) is 21.4 Å². The molecule has 0 atom stereocenters. The average molecular weight is 471 g/mol. The van der Waals surface area contributed by atoms with Gasteiger partial charge in [0.05, 0.1) is 28.4 Å². The van der Waals surface area contributed by atoms with Gasteiger partial charge >= 0.3 is 6.01 Å². The number of nitrogens with zero attached hydrogens (tertiary/aromatic N) is 4. The van der Waals surface area contributed by atoms with Gasteiger partial charge < -0.3 is 13.9 Å². The van der Waals surface area contributed by atoms with Crippen molar-refractivity contribution in [1.82, 2.24) is 19.1 Å². The highest BCUT2D eigenvalue weighted by molar-refractivity contribution is 7.90. The van der Waals surface area contributed by atoms with Gasteiger partial charge in [-0.3, -0.25) is 4.79 Å². The van der Waals surface area contributed by atoms with E-state index in [1.54, 1.807) is 56.2 Å². The number of fused-ring (bicyclic) bond motifs is 1. The van der Waals surface area contributed by atoms with E-state index in [9.17, 15) is 17.6 Å². The third kappa shape index (κ3) is 4.80. The molecule has 0 saturated carbocycles. The maximum atomic E-state index is 14.7. The molecule has 8 nitrogen and oxygen atoms in total. The molecular weight excluding hydrogens is 447 g/mol. The van der Waals surface area contributed by atoms with Gasteiger partial charge in [-0.1, -0.05) is 6.92 Å². The molecule has 4 rings (SSSR count). The van der Waals surface area contributed by atoms with Crippen LogP contribution in [0, 0.1) is 5.82 Å². The van der Waals surface area contributed by atoms with Crippen LogP contribution in [0.25, 0.3) is 22.2 Å². The Bertz CT molecular complexity index is 1510. The number of pyridine rings is 1. The summed E-state index contributed by atoms with van der Waals surface area (Å²) in [5, 5.41) is 0.772. The predicted molar refractivity (Wildman–Crippen MR) is 123 cm³/mol. The number of halogens is 1. The second-order valence-electron chi connectivity index (χ2n) is 7.83. The van der Waals surface area contributed by atoms with Crippen LogP contribution < -0.4 is 10.3 Å². The fourth-order valence-electron chi connectivity index (χ4n) is 3.61. The Hall–Kier alpha value is -3.53. The van der Waals surface area contributed by atoms with Gasteiger partial charge in [0, 0.05) is 43.5 Å². The average Bonchev–Trinajstić information content (AvgIpc) is 3.12. The third-order valence-corrected chi connectivity index (χ3v) is 6.93. The second kappa shape index (κ2) is 8.78. The number of ether oxygens (including phenoxy) is 1. The van der Waals surface area contributed by atoms with Crippen molar-refractivity contribution in [2.45, 2.75) is 19.1 Å². The van der Waals surface area contributed by atoms with Crippen LogP contribution in [0.2, 0.25) is 0 Å². The van der Waals surface area contributed by atoms with Crippen LogP contribution in [-0.2, 0) is 29.7 Å². The van der Waals surface area contributed by atoms with Crippen LogP contribution in [0.1, 0.15) is 19.0 Å². The largest absolute Gasteiger partial charge is 0.419 e. The summed E-state index contributed by atoms with van der Waals surface area (Å²) in [5.74, 6) is -0.949. The zero-order chi connectivity index (χ0) is 23.8. The van der Waals surface area contributed by atoms with E-state index in [1.165, 1.54) is 16.7 Å². The van der Waals surface area contributed by atoms with E-state index in [1.807, 2.05) is 6.07 Å². The van der Waals surface area contributed by atoms with Gasteiger partial charge in [-0.05, 0) is 36.8 Å². The van der Waals surface area contributed by atoms with Crippen LogP contribution in [0.3, 0.4) is 0 Å². The molecule has 33 heavy (non-hydrogen) atoms. The van der Waals surface area contributed by atoms with Gasteiger partial charge in [-0.15, -0.1) is 0 Å². The second-order valence-corrected chi connectivity index (χ2v) is 10.0. The van der Waals surface area contributed by atoms with Crippen LogP contribution in [0.4, 0.5) is 4.39 Å². The lowest BCUT2D eigenvalue weighted by atomic mass is 10.2. The summed E-state index contributed by atoms with van der Waals surface area (Å²) in [6.45, 7) is 1.78. The lowest BCUT2D eigenvalue weighted by molar-refractivity contribution is 0.413. The highest BCUT2D eigenvalue weighted by atomic mass is 32.2. The first-order chi connectivity index (χ1) is 15.7. The molecule has 172 valence electrons. The Labute approximate surface area is 190 Å². The van der Waals surface area contributed by atoms with E-state index in [0.29, 0.717) is 23.2 Å². The molecule has 0 amide bonds. The quantitative estimate of drug-likeness (QED) is 0.410. The van der Waals surface area contributed by atoms with E-state index >= 15 is 0 Å². The minimum absolute atomic E-state index is 0.0135. The molecule has 0 fully saturated rings. The molecule has 3 heterocycles. The number of sulfone groups is 1. The topological polar surface area (TPSA) is 96.1 Å². The predicted octanol–water partition coefficient (Wildman–Crippen LogP) is 3.59. The van der Waals surface area contributed by atoms with E-state index in [2.05, 4.69) is 9.97 Å². The van der Waals surface area contributed by atoms with Crippen LogP contribution in [0.5, 0.6) is 11.8 Å². The monoisotopic (exact) mass is 470 g/mol. The summed E-state index contributed by atoms with van der Waals surface area (Å²) in [6, 6.07) is 9.08. The van der Waals surface area contributed by atoms with Crippen molar-refractivity contribution < 1.29 is 17.5 Å². The summed E-state index contributed by atoms with van der Waals surface area (Å²) in [7, 11) is -0.0452. The van der Waals surface area contributed by atoms with Crippen molar-refractivity contribution in [2.24, 2.45) is 14.1 Å². The van der Waals surface area contributed by atoms with Crippen molar-refractivity contribution in [2.75, 3.05) is 5.75 Å². The van der Waals surface area contributed by atoms with Crippen molar-refractivity contribution in [3.8, 4) is 23.0 Å². The summed E-state index contributed by atoms with van der Waals surface area (Å²) in [6.07, 6.45) is 3.84. The minimum Gasteiger partial charge on any atom is -0.419 e. The molecule has 0 saturated heterocycles. The molecule has 0 aliphatic rings. The molecule has 0 radical (unpaired) electrons. The fraction of sp³-hybridized carbons (Fsp3) is 0.261. The molecule has 0 bridgehead atoms. The van der Waals surface area contributed by atoms with Crippen LogP contribution in [0.15, 0.2) is 53.6 Å². The van der Waals surface area contributed by atoms with Crippen molar-refractivity contribution in [3.63, 3.8) is 0 Å². The zero-order valence-corrected chi connectivity index (χ0v) is 19.3. The van der Waals surface area contributed by atoms with E-state index in [-0.39, 0.29) is 34.5 Å². The normalized spacial score (nSPS) is 11.8. The number of aryl methyl sites for hydroxylation is 2. The summed E-state index contributed by atoms with van der Waals surface area (Å²) in [4.78, 5) is 20.4. The Morgan fingerprint density at radius 2 is 1.85 bits per heavy atom. The van der Waals surface area contributed by atoms with E-state index in [4.69, 9.17) is 4.74 Å². The van der Waals surface area contributed by atoms with Crippen LogP contribution >= 0.6 is 0 Å². The van der Waals surface area contributed by atoms with Crippen molar-refractivity contribution in [1.29, 1.82) is 0 Å². The molecule has 0 aliphatic heterocycles. The lowest BCUT2D eigenvalue weighted by Gasteiger charge is -2.12. The molecule has 3 aromatic heterocycles. The minimum atomic E-state index is -3.41. The first-order valence-corrected chi connectivity index (χ1v) is 12.2. The summed E-state index contributed by atoms with van der Waals surface area (Å²) >= 11 is 0. The molecule has 0 N–H and O–H groups in total. The van der Waals surface area contributed by atoms with Crippen molar-refractivity contribution in [3.05, 3.63) is 70.7 Å². The van der Waals surface area contributed by atoms with Gasteiger partial charge in [-0.2, -0.15) is 9.97 Å². The van der Waals surface area contributed by atoms with Gasteiger partial charge in [0.1, 0.15) is 0 Å². The number of rotatable bonds is 7. The molecule has 1 aromatic carbocycles. The summed E-state index contributed by atoms with van der Waals surface area (Å²) < 4.78 is 48.5. The highest BCUT2D eigenvalue weighted by Gasteiger charge is 2.19. The number of hydrogen-bond donors (Lipinski definition) is 0. The summed E-state index contributed by atoms with van der Waals surface area (Å²) in [5.41, 5.74) is 1.46. The highest BCUT2D eigenvalue weighted by Crippen LogP contribution is 2.33. The van der Waals surface area contributed by atoms with E-state index in [0.717, 1.165) is 5.39 Å². The van der Waals surface area contributed by atoms with Crippen LogP contribution in [-0.4, -0.2) is 33.3 Å². The SMILES string of the molecule is CCCS(=O)(=O)Cc1cc(-c2ccc(=O)n(C)c2)nc(Oc2c(F)ccc3ccn(C)c23)n1. The Morgan fingerprint density at radius 1 is 1.06 bits per heavy atom. The Kier molecular flexibility index (Phi) is 6.03. The molecule has 0 aliphatic carbocycles. The zero-order valence-electron chi connectivity index (χ0n) is 18.4. The van der Waals surface area contributed by atoms with E-state index < -0.39 is 15.7 Å². The van der Waals surface area contributed by atoms with Gasteiger partial charge in [0.2, 0.25) is 5.56 Å². The lowest BCUT2D eigenvalue weighted by Crippen LogP contribution is -2.14. The molecule has 0 unspecified atom stereocenters. The van der Waals surface area contributed by atoms with Gasteiger partial charge in [0.25, 0.3) is 0 Å². The maximum Gasteiger partial charge on any atom is 0.322 e. The Morgan fingerprint density at radius 3 is 2.58 bits per heavy atom. The molecule has 10 heteroatoms. The standard InChI is InChI=1S/C23H23FN4O4S/c1-4-11-33(30,31)14-17-12-19(16-6-8-20(29)28(3)13-16)26-23(25-17)32-22-18(24)7-5-15-9-10-27(2)21(15)22/h5-10,12-13H,4,11,14H2,1-3H3. The third-order valence-electron chi connectivity index (χ3n) is 5.16. The first kappa shape index (κ1) is 22.7. The first-order valence-electron chi connectivity index (χ1n) is 10.3. The number of benzene rings is 1. The number of aromatic nitrogens is 4. The molecule has 4 aromatic rings. The van der Waals surface area contributed by atoms with Crippen molar-refractivity contribution >= 4 is 20.7 Å². The molecular formula is C23H23FN4O4S. The smallest absolute Gasteiger partial charge is 0.322 e.